The maximum Gasteiger partial charge on any atom is 0.168 e. The summed E-state index contributed by atoms with van der Waals surface area (Å²) in [7, 11) is 0. The maximum absolute atomic E-state index is 6.08. The highest BCUT2D eigenvalue weighted by molar-refractivity contribution is 5.81. The van der Waals surface area contributed by atoms with Crippen LogP contribution in [0.1, 0.15) is 5.56 Å². The van der Waals surface area contributed by atoms with E-state index in [-0.39, 0.29) is 0 Å². The van der Waals surface area contributed by atoms with Crippen molar-refractivity contribution in [2.75, 3.05) is 5.01 Å². The number of para-hydroxylation sites is 4. The van der Waals surface area contributed by atoms with Crippen molar-refractivity contribution in [3.05, 3.63) is 151 Å². The van der Waals surface area contributed by atoms with Crippen molar-refractivity contribution >= 4 is 28.4 Å². The van der Waals surface area contributed by atoms with Crippen LogP contribution in [0.3, 0.4) is 0 Å². The van der Waals surface area contributed by atoms with Gasteiger partial charge < -0.3 is 5.73 Å². The highest BCUT2D eigenvalue weighted by atomic mass is 15.8. The van der Waals surface area contributed by atoms with Crippen molar-refractivity contribution in [3.8, 4) is 0 Å². The van der Waals surface area contributed by atoms with Gasteiger partial charge in [-0.3, -0.25) is 0 Å². The highest BCUT2D eigenvalue weighted by Gasteiger charge is 2.44. The summed E-state index contributed by atoms with van der Waals surface area (Å²) in [5, 5.41) is 2.39. The fraction of sp³-hybridized carbons (Fsp3) is 0.0323. The Morgan fingerprint density at radius 3 is 1.32 bits per heavy atom. The molecule has 0 saturated heterocycles. The number of hydrogen-bond donors (Lipinski definition) is 1. The molecular formula is C31H28N3+. The van der Waals surface area contributed by atoms with Gasteiger partial charge in [0.15, 0.2) is 17.1 Å². The number of benzene rings is 5. The van der Waals surface area contributed by atoms with Gasteiger partial charge in [-0.05, 0) is 29.8 Å². The van der Waals surface area contributed by atoms with Gasteiger partial charge in [-0.2, -0.15) is 5.01 Å². The van der Waals surface area contributed by atoms with E-state index in [1.807, 2.05) is 0 Å². The molecule has 0 aromatic heterocycles. The Labute approximate surface area is 201 Å². The molecule has 0 fully saturated rings. The van der Waals surface area contributed by atoms with Crippen LogP contribution in [0.2, 0.25) is 0 Å². The Morgan fingerprint density at radius 2 is 0.882 bits per heavy atom. The van der Waals surface area contributed by atoms with Crippen LogP contribution in [0.15, 0.2) is 146 Å². The molecule has 0 aliphatic rings. The Bertz CT molecular complexity index is 1220. The molecule has 2 N–H and O–H groups in total. The van der Waals surface area contributed by atoms with Crippen LogP contribution >= 0.6 is 0 Å². The predicted molar refractivity (Wildman–Crippen MR) is 143 cm³/mol. The summed E-state index contributed by atoms with van der Waals surface area (Å²) in [6, 6.07) is 51.1. The fourth-order valence-electron chi connectivity index (χ4n) is 4.60. The van der Waals surface area contributed by atoms with Gasteiger partial charge in [-0.25, -0.2) is 0 Å². The van der Waals surface area contributed by atoms with Gasteiger partial charge >= 0.3 is 0 Å². The topological polar surface area (TPSA) is 29.3 Å². The number of hydrogen-bond acceptors (Lipinski definition) is 2. The smallest absolute Gasteiger partial charge is 0.168 e. The summed E-state index contributed by atoms with van der Waals surface area (Å²) in [4.78, 5) is 0. The molecule has 34 heavy (non-hydrogen) atoms. The minimum absolute atomic E-state index is 0.362. The number of anilines is 2. The molecule has 5 rings (SSSR count). The maximum atomic E-state index is 6.08. The van der Waals surface area contributed by atoms with Crippen molar-refractivity contribution < 1.29 is 0 Å². The first-order valence-corrected chi connectivity index (χ1v) is 11.5. The zero-order valence-corrected chi connectivity index (χ0v) is 19.0. The van der Waals surface area contributed by atoms with Crippen LogP contribution in [0.4, 0.5) is 28.4 Å². The van der Waals surface area contributed by atoms with Crippen molar-refractivity contribution in [1.29, 1.82) is 0 Å². The number of quaternary nitrogens is 1. The molecule has 0 saturated carbocycles. The van der Waals surface area contributed by atoms with Gasteiger partial charge in [0.1, 0.15) is 0 Å². The summed E-state index contributed by atoms with van der Waals surface area (Å²) in [5.41, 5.74) is 12.7. The molecule has 0 amide bonds. The molecule has 0 unspecified atom stereocenters. The van der Waals surface area contributed by atoms with Crippen molar-refractivity contribution in [3.63, 3.8) is 0 Å². The van der Waals surface area contributed by atoms with Crippen LogP contribution in [0.5, 0.6) is 0 Å². The first-order chi connectivity index (χ1) is 16.8. The zero-order valence-electron chi connectivity index (χ0n) is 19.0. The quantitative estimate of drug-likeness (QED) is 0.205. The van der Waals surface area contributed by atoms with Gasteiger partial charge in [-0.1, -0.05) is 84.9 Å². The van der Waals surface area contributed by atoms with Gasteiger partial charge in [0.25, 0.3) is 0 Å². The third-order valence-corrected chi connectivity index (χ3v) is 6.08. The molecule has 0 bridgehead atoms. The van der Waals surface area contributed by atoms with Crippen LogP contribution in [0.25, 0.3) is 0 Å². The average Bonchev–Trinajstić information content (AvgIpc) is 2.93. The molecule has 0 atom stereocenters. The van der Waals surface area contributed by atoms with Crippen LogP contribution in [-0.4, -0.2) is 0 Å². The molecule has 0 aliphatic heterocycles. The van der Waals surface area contributed by atoms with Gasteiger partial charge in [0, 0.05) is 42.9 Å². The zero-order chi connectivity index (χ0) is 23.2. The summed E-state index contributed by atoms with van der Waals surface area (Å²) < 4.78 is 0.362. The monoisotopic (exact) mass is 442 g/mol. The lowest BCUT2D eigenvalue weighted by molar-refractivity contribution is 0.527. The molecule has 0 spiro atoms. The van der Waals surface area contributed by atoms with E-state index < -0.39 is 0 Å². The largest absolute Gasteiger partial charge is 0.326 e. The second kappa shape index (κ2) is 9.75. The molecule has 3 nitrogen and oxygen atoms in total. The summed E-state index contributed by atoms with van der Waals surface area (Å²) in [5.74, 6) is 0. The van der Waals surface area contributed by atoms with E-state index in [0.717, 1.165) is 34.0 Å². The van der Waals surface area contributed by atoms with E-state index in [1.54, 1.807) is 0 Å². The van der Waals surface area contributed by atoms with E-state index in [0.29, 0.717) is 11.1 Å². The number of rotatable bonds is 7. The van der Waals surface area contributed by atoms with Gasteiger partial charge in [0.05, 0.1) is 11.4 Å². The normalized spacial score (nSPS) is 11.2. The van der Waals surface area contributed by atoms with Gasteiger partial charge in [-0.15, -0.1) is 4.59 Å². The van der Waals surface area contributed by atoms with Crippen LogP contribution in [0, 0.1) is 0 Å². The predicted octanol–water partition coefficient (Wildman–Crippen LogP) is 7.87. The Morgan fingerprint density at radius 1 is 0.471 bits per heavy atom. The summed E-state index contributed by atoms with van der Waals surface area (Å²) in [6.45, 7) is 0.485. The molecule has 0 heterocycles. The van der Waals surface area contributed by atoms with Crippen molar-refractivity contribution in [2.45, 2.75) is 6.54 Å². The molecule has 3 heteroatoms. The molecule has 5 aromatic rings. The second-order valence-electron chi connectivity index (χ2n) is 8.16. The molecule has 5 aromatic carbocycles. The van der Waals surface area contributed by atoms with Crippen molar-refractivity contribution in [1.82, 2.24) is 4.59 Å². The minimum atomic E-state index is 0.362. The highest BCUT2D eigenvalue weighted by Crippen LogP contribution is 2.50. The van der Waals surface area contributed by atoms with E-state index in [1.165, 1.54) is 0 Å². The molecular weight excluding hydrogens is 414 g/mol. The summed E-state index contributed by atoms with van der Waals surface area (Å²) >= 11 is 0. The third kappa shape index (κ3) is 3.88. The molecule has 0 aliphatic carbocycles. The number of nitrogens with zero attached hydrogens (tertiary/aromatic N) is 2. The van der Waals surface area contributed by atoms with E-state index in [4.69, 9.17) is 5.73 Å². The lowest BCUT2D eigenvalue weighted by Gasteiger charge is -2.45. The molecule has 0 radical (unpaired) electrons. The lowest BCUT2D eigenvalue weighted by Crippen LogP contribution is -2.52. The van der Waals surface area contributed by atoms with Crippen LogP contribution < -0.4 is 15.3 Å². The van der Waals surface area contributed by atoms with Crippen molar-refractivity contribution in [2.24, 2.45) is 5.73 Å². The SMILES string of the molecule is NCc1cccc(N(c2ccccc2)[N+](c2ccccc2)(c2ccccc2)c2ccccc2)c1. The third-order valence-electron chi connectivity index (χ3n) is 6.08. The second-order valence-corrected chi connectivity index (χ2v) is 8.16. The molecule has 166 valence electrons. The minimum Gasteiger partial charge on any atom is -0.326 e. The van der Waals surface area contributed by atoms with Gasteiger partial charge in [0.2, 0.25) is 0 Å². The Kier molecular flexibility index (Phi) is 6.21. The van der Waals surface area contributed by atoms with E-state index in [2.05, 4.69) is 151 Å². The fourth-order valence-corrected chi connectivity index (χ4v) is 4.60. The average molecular weight is 443 g/mol. The van der Waals surface area contributed by atoms with E-state index in [9.17, 15) is 0 Å². The van der Waals surface area contributed by atoms with Crippen LogP contribution in [-0.2, 0) is 6.54 Å². The van der Waals surface area contributed by atoms with E-state index >= 15 is 0 Å². The summed E-state index contributed by atoms with van der Waals surface area (Å²) in [6.07, 6.45) is 0. The first kappa shape index (κ1) is 21.7. The number of nitrogens with two attached hydrogens (primary N) is 1. The first-order valence-electron chi connectivity index (χ1n) is 11.5. The Balaban J connectivity index is 1.94. The Hall–Kier alpha value is -4.18. The lowest BCUT2D eigenvalue weighted by atomic mass is 10.1. The standard InChI is InChI=1S/C31H28N3/c32-25-26-14-13-17-28(24-26)33(27-15-5-1-6-16-27)34(29-18-7-2-8-19-29,30-20-9-3-10-21-30)31-22-11-4-12-23-31/h1-24H,25,32H2/q+1.